The number of imide groups is 1. The molecular weight excluding hydrogens is 546 g/mol. The number of hydrogen-bond acceptors (Lipinski definition) is 6. The van der Waals surface area contributed by atoms with Crippen LogP contribution >= 0.6 is 46.4 Å². The Kier molecular flexibility index (Phi) is 6.75. The Morgan fingerprint density at radius 1 is 0.824 bits per heavy atom. The summed E-state index contributed by atoms with van der Waals surface area (Å²) in [6.07, 6.45) is 1.46. The molecule has 0 atom stereocenters. The summed E-state index contributed by atoms with van der Waals surface area (Å²) >= 11 is 24.2. The lowest BCUT2D eigenvalue weighted by atomic mass is 10.2. The lowest BCUT2D eigenvalue weighted by Crippen LogP contribution is -2.32. The number of sulfonamides is 1. The van der Waals surface area contributed by atoms with Gasteiger partial charge in [-0.25, -0.2) is 18.3 Å². The van der Waals surface area contributed by atoms with Crippen molar-refractivity contribution >= 4 is 85.4 Å². The van der Waals surface area contributed by atoms with Gasteiger partial charge in [-0.15, -0.1) is 0 Å². The SMILES string of the molecule is O=C1C(Cl)=C(Nc2ccc(S(=O)(=O)Nc3ccccn3)cc2)C(=O)N1c1cc(Cl)c(Cl)cc1Cl. The van der Waals surface area contributed by atoms with Gasteiger partial charge in [0, 0.05) is 11.9 Å². The molecule has 3 aromatic rings. The average Bonchev–Trinajstić information content (AvgIpc) is 3.00. The second kappa shape index (κ2) is 9.44. The number of carbonyl (C=O) groups excluding carboxylic acids is 2. The van der Waals surface area contributed by atoms with Crippen molar-refractivity contribution in [3.63, 3.8) is 0 Å². The van der Waals surface area contributed by atoms with Crippen molar-refractivity contribution in [3.05, 3.63) is 86.6 Å². The topological polar surface area (TPSA) is 108 Å². The second-order valence-electron chi connectivity index (χ2n) is 6.82. The highest BCUT2D eigenvalue weighted by Crippen LogP contribution is 2.38. The van der Waals surface area contributed by atoms with E-state index in [0.29, 0.717) is 5.69 Å². The number of benzene rings is 2. The Morgan fingerprint density at radius 3 is 2.15 bits per heavy atom. The van der Waals surface area contributed by atoms with Crippen LogP contribution in [0.5, 0.6) is 0 Å². The Labute approximate surface area is 214 Å². The molecule has 0 spiro atoms. The molecule has 1 aliphatic heterocycles. The van der Waals surface area contributed by atoms with Crippen molar-refractivity contribution in [2.75, 3.05) is 14.9 Å². The Balaban J connectivity index is 1.55. The van der Waals surface area contributed by atoms with Gasteiger partial charge in [0.15, 0.2) is 0 Å². The van der Waals surface area contributed by atoms with Crippen molar-refractivity contribution in [3.8, 4) is 0 Å². The summed E-state index contributed by atoms with van der Waals surface area (Å²) in [6.45, 7) is 0. The fourth-order valence-electron chi connectivity index (χ4n) is 3.00. The van der Waals surface area contributed by atoms with E-state index in [1.165, 1.54) is 48.7 Å². The largest absolute Gasteiger partial charge is 0.350 e. The van der Waals surface area contributed by atoms with Crippen LogP contribution in [0.3, 0.4) is 0 Å². The number of nitrogens with zero attached hydrogens (tertiary/aromatic N) is 2. The highest BCUT2D eigenvalue weighted by molar-refractivity contribution is 7.92. The van der Waals surface area contributed by atoms with E-state index in [2.05, 4.69) is 15.0 Å². The molecule has 174 valence electrons. The van der Waals surface area contributed by atoms with E-state index in [1.54, 1.807) is 12.1 Å². The Hall–Kier alpha value is -2.82. The quantitative estimate of drug-likeness (QED) is 0.315. The van der Waals surface area contributed by atoms with Crippen LogP contribution in [-0.4, -0.2) is 25.2 Å². The van der Waals surface area contributed by atoms with E-state index in [9.17, 15) is 18.0 Å². The number of aromatic nitrogens is 1. The van der Waals surface area contributed by atoms with Crippen LogP contribution in [0.4, 0.5) is 17.2 Å². The highest BCUT2D eigenvalue weighted by atomic mass is 35.5. The first-order valence-corrected chi connectivity index (χ1v) is 12.3. The van der Waals surface area contributed by atoms with Gasteiger partial charge in [0.25, 0.3) is 21.8 Å². The van der Waals surface area contributed by atoms with Crippen molar-refractivity contribution in [2.45, 2.75) is 4.90 Å². The van der Waals surface area contributed by atoms with E-state index in [1.807, 2.05) is 0 Å². The van der Waals surface area contributed by atoms with Gasteiger partial charge in [-0.05, 0) is 48.5 Å². The van der Waals surface area contributed by atoms with Crippen molar-refractivity contribution in [2.24, 2.45) is 0 Å². The number of nitrogens with one attached hydrogen (secondary N) is 2. The molecule has 34 heavy (non-hydrogen) atoms. The van der Waals surface area contributed by atoms with Crippen LogP contribution in [-0.2, 0) is 19.6 Å². The molecule has 2 N–H and O–H groups in total. The summed E-state index contributed by atoms with van der Waals surface area (Å²) in [5, 5.41) is 2.65. The van der Waals surface area contributed by atoms with Gasteiger partial charge in [0.2, 0.25) is 0 Å². The van der Waals surface area contributed by atoms with Gasteiger partial charge in [0.05, 0.1) is 25.7 Å². The molecular formula is C21H12Cl4N4O4S. The molecule has 2 amide bonds. The molecule has 0 fully saturated rings. The normalized spacial score (nSPS) is 14.1. The number of pyridine rings is 1. The lowest BCUT2D eigenvalue weighted by molar-refractivity contribution is -0.120. The number of halogens is 4. The Bertz CT molecular complexity index is 1450. The predicted octanol–water partition coefficient (Wildman–Crippen LogP) is 5.28. The molecule has 0 unspecified atom stereocenters. The van der Waals surface area contributed by atoms with Crippen molar-refractivity contribution in [1.82, 2.24) is 4.98 Å². The molecule has 0 radical (unpaired) electrons. The van der Waals surface area contributed by atoms with E-state index in [4.69, 9.17) is 46.4 Å². The first-order valence-electron chi connectivity index (χ1n) is 9.32. The van der Waals surface area contributed by atoms with E-state index >= 15 is 0 Å². The maximum Gasteiger partial charge on any atom is 0.283 e. The minimum Gasteiger partial charge on any atom is -0.350 e. The van der Waals surface area contributed by atoms with Crippen LogP contribution < -0.4 is 14.9 Å². The maximum atomic E-state index is 13.0. The number of carbonyl (C=O) groups is 2. The first kappa shape index (κ1) is 24.3. The van der Waals surface area contributed by atoms with Gasteiger partial charge in [-0.1, -0.05) is 52.5 Å². The maximum absolute atomic E-state index is 13.0. The third-order valence-corrected chi connectivity index (χ3v) is 7.34. The second-order valence-corrected chi connectivity index (χ2v) is 10.1. The van der Waals surface area contributed by atoms with Gasteiger partial charge in [0.1, 0.15) is 16.5 Å². The molecule has 0 aliphatic carbocycles. The average molecular weight is 558 g/mol. The molecule has 4 rings (SSSR count). The summed E-state index contributed by atoms with van der Waals surface area (Å²) in [5.74, 6) is -1.42. The molecule has 0 saturated carbocycles. The number of amides is 2. The summed E-state index contributed by atoms with van der Waals surface area (Å²) in [6, 6.07) is 12.9. The minimum atomic E-state index is -3.89. The summed E-state index contributed by atoms with van der Waals surface area (Å²) < 4.78 is 27.5. The zero-order valence-electron chi connectivity index (χ0n) is 16.7. The highest BCUT2D eigenvalue weighted by Gasteiger charge is 2.40. The van der Waals surface area contributed by atoms with Crippen LogP contribution in [0, 0.1) is 0 Å². The standard InChI is InChI=1S/C21H12Cl4N4O4S/c22-13-9-15(24)16(10-14(13)23)29-20(30)18(25)19(21(29)31)27-11-4-6-12(7-5-11)34(32,33)28-17-3-1-2-8-26-17/h1-10,27H,(H,26,28). The third kappa shape index (κ3) is 4.70. The number of hydrogen-bond donors (Lipinski definition) is 2. The zero-order chi connectivity index (χ0) is 24.6. The summed E-state index contributed by atoms with van der Waals surface area (Å²) in [4.78, 5) is 30.3. The molecule has 13 heteroatoms. The smallest absolute Gasteiger partial charge is 0.283 e. The fourth-order valence-corrected chi connectivity index (χ4v) is 4.84. The van der Waals surface area contributed by atoms with Crippen LogP contribution in [0.25, 0.3) is 0 Å². The molecule has 1 aliphatic rings. The van der Waals surface area contributed by atoms with E-state index < -0.39 is 21.8 Å². The molecule has 1 aromatic heterocycles. The zero-order valence-corrected chi connectivity index (χ0v) is 20.6. The van der Waals surface area contributed by atoms with Crippen LogP contribution in [0.1, 0.15) is 0 Å². The molecule has 0 bridgehead atoms. The summed E-state index contributed by atoms with van der Waals surface area (Å²) in [7, 11) is -3.89. The molecule has 2 aromatic carbocycles. The number of rotatable bonds is 6. The fraction of sp³-hybridized carbons (Fsp3) is 0. The monoisotopic (exact) mass is 556 g/mol. The third-order valence-electron chi connectivity index (χ3n) is 4.60. The van der Waals surface area contributed by atoms with Gasteiger partial charge >= 0.3 is 0 Å². The van der Waals surface area contributed by atoms with E-state index in [-0.39, 0.29) is 42.2 Å². The summed E-state index contributed by atoms with van der Waals surface area (Å²) in [5.41, 5.74) is 0.118. The van der Waals surface area contributed by atoms with Crippen molar-refractivity contribution in [1.29, 1.82) is 0 Å². The van der Waals surface area contributed by atoms with Crippen molar-refractivity contribution < 1.29 is 18.0 Å². The van der Waals surface area contributed by atoms with Gasteiger partial charge in [-0.2, -0.15) is 0 Å². The molecule has 0 saturated heterocycles. The Morgan fingerprint density at radius 2 is 1.50 bits per heavy atom. The van der Waals surface area contributed by atoms with Crippen LogP contribution in [0.2, 0.25) is 15.1 Å². The predicted molar refractivity (Wildman–Crippen MR) is 132 cm³/mol. The van der Waals surface area contributed by atoms with Crippen LogP contribution in [0.15, 0.2) is 76.4 Å². The molecule has 8 nitrogen and oxygen atoms in total. The van der Waals surface area contributed by atoms with E-state index in [0.717, 1.165) is 4.90 Å². The van der Waals surface area contributed by atoms with Gasteiger partial charge in [-0.3, -0.25) is 14.3 Å². The molecule has 2 heterocycles. The number of anilines is 3. The minimum absolute atomic E-state index is 0.0167. The first-order chi connectivity index (χ1) is 16.1. The van der Waals surface area contributed by atoms with Gasteiger partial charge < -0.3 is 5.32 Å². The lowest BCUT2D eigenvalue weighted by Gasteiger charge is -2.17.